The molecule has 0 spiro atoms. The molecule has 3 aromatic heterocycles. The standard InChI is InChI=1S/C17H17N3OS/c1-12-14-6-9-22-15(14)5-8-19(12)11-13-10-17(21)20-7-3-2-4-16(20)18-13/h2-4,6-7,9-10,12H,5,8,11H2,1H3. The largest absolute Gasteiger partial charge is 0.290 e. The van der Waals surface area contributed by atoms with Crippen LogP contribution in [0, 0.1) is 0 Å². The molecular formula is C17H17N3OS. The average Bonchev–Trinajstić information content (AvgIpc) is 3.00. The lowest BCUT2D eigenvalue weighted by atomic mass is 10.0. The molecule has 22 heavy (non-hydrogen) atoms. The van der Waals surface area contributed by atoms with Crippen LogP contribution in [0.4, 0.5) is 0 Å². The third kappa shape index (κ3) is 2.26. The summed E-state index contributed by atoms with van der Waals surface area (Å²) in [4.78, 5) is 20.7. The van der Waals surface area contributed by atoms with Crippen molar-refractivity contribution in [2.24, 2.45) is 0 Å². The fourth-order valence-corrected chi connectivity index (χ4v) is 4.13. The van der Waals surface area contributed by atoms with Crippen LogP contribution in [0.25, 0.3) is 5.65 Å². The van der Waals surface area contributed by atoms with E-state index in [2.05, 4.69) is 28.3 Å². The van der Waals surface area contributed by atoms with Gasteiger partial charge in [-0.1, -0.05) is 6.07 Å². The summed E-state index contributed by atoms with van der Waals surface area (Å²) in [6.45, 7) is 3.97. The lowest BCUT2D eigenvalue weighted by Crippen LogP contribution is -2.33. The molecule has 0 N–H and O–H groups in total. The van der Waals surface area contributed by atoms with Crippen molar-refractivity contribution < 1.29 is 0 Å². The molecule has 0 saturated heterocycles. The second-order valence-corrected chi connectivity index (χ2v) is 6.71. The molecular weight excluding hydrogens is 294 g/mol. The van der Waals surface area contributed by atoms with Gasteiger partial charge in [0, 0.05) is 36.3 Å². The molecule has 0 aromatic carbocycles. The first-order valence-electron chi connectivity index (χ1n) is 7.50. The third-order valence-electron chi connectivity index (χ3n) is 4.39. The molecule has 0 fully saturated rings. The van der Waals surface area contributed by atoms with Gasteiger partial charge in [0.25, 0.3) is 5.56 Å². The van der Waals surface area contributed by atoms with Crippen LogP contribution in [-0.4, -0.2) is 20.8 Å². The Morgan fingerprint density at radius 2 is 2.27 bits per heavy atom. The lowest BCUT2D eigenvalue weighted by Gasteiger charge is -2.33. The fourth-order valence-electron chi connectivity index (χ4n) is 3.17. The molecule has 3 aromatic rings. The van der Waals surface area contributed by atoms with E-state index in [1.54, 1.807) is 16.7 Å². The van der Waals surface area contributed by atoms with Crippen molar-refractivity contribution in [1.82, 2.24) is 14.3 Å². The Balaban J connectivity index is 1.66. The number of pyridine rings is 1. The Hall–Kier alpha value is -1.98. The molecule has 0 saturated carbocycles. The minimum atomic E-state index is -0.0125. The maximum absolute atomic E-state index is 12.2. The van der Waals surface area contributed by atoms with Gasteiger partial charge in [-0.2, -0.15) is 0 Å². The molecule has 0 aliphatic carbocycles. The molecule has 1 aliphatic rings. The van der Waals surface area contributed by atoms with Crippen molar-refractivity contribution in [3.05, 3.63) is 68.4 Å². The molecule has 1 aliphatic heterocycles. The van der Waals surface area contributed by atoms with E-state index in [0.29, 0.717) is 11.7 Å². The van der Waals surface area contributed by atoms with E-state index in [-0.39, 0.29) is 5.56 Å². The molecule has 1 atom stereocenters. The average molecular weight is 311 g/mol. The van der Waals surface area contributed by atoms with Gasteiger partial charge in [0.1, 0.15) is 5.65 Å². The zero-order valence-corrected chi connectivity index (χ0v) is 13.2. The molecule has 112 valence electrons. The molecule has 0 bridgehead atoms. The van der Waals surface area contributed by atoms with Gasteiger partial charge in [-0.05, 0) is 42.5 Å². The van der Waals surface area contributed by atoms with Crippen LogP contribution >= 0.6 is 11.3 Å². The van der Waals surface area contributed by atoms with Gasteiger partial charge in [-0.15, -0.1) is 11.3 Å². The molecule has 1 unspecified atom stereocenters. The van der Waals surface area contributed by atoms with E-state index < -0.39 is 0 Å². The first-order valence-corrected chi connectivity index (χ1v) is 8.38. The first kappa shape index (κ1) is 13.7. The first-order chi connectivity index (χ1) is 10.7. The van der Waals surface area contributed by atoms with Crippen molar-refractivity contribution in [2.75, 3.05) is 6.54 Å². The van der Waals surface area contributed by atoms with Crippen LogP contribution in [0.3, 0.4) is 0 Å². The molecule has 5 heteroatoms. The molecule has 4 rings (SSSR count). The number of thiophene rings is 1. The number of nitrogens with zero attached hydrogens (tertiary/aromatic N) is 3. The minimum absolute atomic E-state index is 0.0125. The predicted molar refractivity (Wildman–Crippen MR) is 88.3 cm³/mol. The summed E-state index contributed by atoms with van der Waals surface area (Å²) >= 11 is 1.85. The number of rotatable bonds is 2. The SMILES string of the molecule is CC1c2ccsc2CCN1Cc1cc(=O)n2ccccc2n1. The maximum atomic E-state index is 12.2. The van der Waals surface area contributed by atoms with Gasteiger partial charge < -0.3 is 0 Å². The van der Waals surface area contributed by atoms with Crippen molar-refractivity contribution in [3.63, 3.8) is 0 Å². The van der Waals surface area contributed by atoms with Gasteiger partial charge in [-0.25, -0.2) is 4.98 Å². The van der Waals surface area contributed by atoms with Gasteiger partial charge in [0.2, 0.25) is 0 Å². The molecule has 0 amide bonds. The molecule has 4 nitrogen and oxygen atoms in total. The van der Waals surface area contributed by atoms with E-state index in [9.17, 15) is 4.79 Å². The summed E-state index contributed by atoms with van der Waals surface area (Å²) in [7, 11) is 0. The Morgan fingerprint density at radius 1 is 1.36 bits per heavy atom. The predicted octanol–water partition coefficient (Wildman–Crippen LogP) is 2.88. The van der Waals surface area contributed by atoms with E-state index in [1.807, 2.05) is 29.5 Å². The normalized spacial score (nSPS) is 18.5. The van der Waals surface area contributed by atoms with Gasteiger partial charge in [0.05, 0.1) is 5.69 Å². The topological polar surface area (TPSA) is 37.6 Å². The number of hydrogen-bond acceptors (Lipinski definition) is 4. The monoisotopic (exact) mass is 311 g/mol. The van der Waals surface area contributed by atoms with Crippen LogP contribution in [-0.2, 0) is 13.0 Å². The summed E-state index contributed by atoms with van der Waals surface area (Å²) in [5.41, 5.74) is 2.97. The van der Waals surface area contributed by atoms with E-state index >= 15 is 0 Å². The summed E-state index contributed by atoms with van der Waals surface area (Å²) in [6.07, 6.45) is 2.85. The quantitative estimate of drug-likeness (QED) is 0.730. The number of aromatic nitrogens is 2. The summed E-state index contributed by atoms with van der Waals surface area (Å²) in [6, 6.07) is 9.89. The highest BCUT2D eigenvalue weighted by molar-refractivity contribution is 7.10. The zero-order chi connectivity index (χ0) is 15.1. The van der Waals surface area contributed by atoms with Gasteiger partial charge in [0.15, 0.2) is 0 Å². The second-order valence-electron chi connectivity index (χ2n) is 5.71. The zero-order valence-electron chi connectivity index (χ0n) is 12.4. The Labute approximate surface area is 132 Å². The van der Waals surface area contributed by atoms with Crippen molar-refractivity contribution in [1.29, 1.82) is 0 Å². The minimum Gasteiger partial charge on any atom is -0.290 e. The van der Waals surface area contributed by atoms with Crippen molar-refractivity contribution in [2.45, 2.75) is 25.9 Å². The Bertz CT molecular complexity index is 883. The molecule has 0 radical (unpaired) electrons. The summed E-state index contributed by atoms with van der Waals surface area (Å²) in [5, 5.41) is 2.17. The lowest BCUT2D eigenvalue weighted by molar-refractivity contribution is 0.189. The Kier molecular flexibility index (Phi) is 3.32. The Morgan fingerprint density at radius 3 is 3.18 bits per heavy atom. The van der Waals surface area contributed by atoms with Crippen molar-refractivity contribution in [3.8, 4) is 0 Å². The van der Waals surface area contributed by atoms with Crippen molar-refractivity contribution >= 4 is 17.0 Å². The van der Waals surface area contributed by atoms with Gasteiger partial charge >= 0.3 is 0 Å². The maximum Gasteiger partial charge on any atom is 0.258 e. The number of hydrogen-bond donors (Lipinski definition) is 0. The summed E-state index contributed by atoms with van der Waals surface area (Å²) in [5.74, 6) is 0. The van der Waals surface area contributed by atoms with E-state index in [0.717, 1.165) is 25.2 Å². The van der Waals surface area contributed by atoms with Crippen LogP contribution in [0.15, 0.2) is 46.7 Å². The van der Waals surface area contributed by atoms with Crippen LogP contribution in [0.5, 0.6) is 0 Å². The highest BCUT2D eigenvalue weighted by atomic mass is 32.1. The van der Waals surface area contributed by atoms with Gasteiger partial charge in [-0.3, -0.25) is 14.1 Å². The highest BCUT2D eigenvalue weighted by Crippen LogP contribution is 2.33. The van der Waals surface area contributed by atoms with Crippen LogP contribution < -0.4 is 5.56 Å². The molecule has 4 heterocycles. The fraction of sp³-hybridized carbons (Fsp3) is 0.294. The number of fused-ring (bicyclic) bond motifs is 2. The van der Waals surface area contributed by atoms with Crippen LogP contribution in [0.1, 0.15) is 29.1 Å². The smallest absolute Gasteiger partial charge is 0.258 e. The third-order valence-corrected chi connectivity index (χ3v) is 5.39. The highest BCUT2D eigenvalue weighted by Gasteiger charge is 2.25. The van der Waals surface area contributed by atoms with Crippen LogP contribution in [0.2, 0.25) is 0 Å². The second kappa shape index (κ2) is 5.34. The van der Waals surface area contributed by atoms with E-state index in [4.69, 9.17) is 0 Å². The summed E-state index contributed by atoms with van der Waals surface area (Å²) < 4.78 is 1.58. The van der Waals surface area contributed by atoms with E-state index in [1.165, 1.54) is 10.4 Å².